The predicted octanol–water partition coefficient (Wildman–Crippen LogP) is 5.44. The van der Waals surface area contributed by atoms with Crippen LogP contribution in [-0.4, -0.2) is 23.2 Å². The van der Waals surface area contributed by atoms with Gasteiger partial charge in [0, 0.05) is 17.6 Å². The van der Waals surface area contributed by atoms with Crippen molar-refractivity contribution in [2.75, 3.05) is 4.72 Å². The van der Waals surface area contributed by atoms with E-state index in [2.05, 4.69) is 35.6 Å². The molecule has 166 valence electrons. The van der Waals surface area contributed by atoms with Crippen LogP contribution in [0.25, 0.3) is 16.6 Å². The summed E-state index contributed by atoms with van der Waals surface area (Å²) in [6.07, 6.45) is 1.83. The van der Waals surface area contributed by atoms with E-state index in [0.29, 0.717) is 11.5 Å². The minimum absolute atomic E-state index is 0.0515. The normalized spacial score (nSPS) is 12.3. The summed E-state index contributed by atoms with van der Waals surface area (Å²) in [6.45, 7) is 12.1. The number of aromatic nitrogens is 3. The highest BCUT2D eigenvalue weighted by atomic mass is 32.2. The van der Waals surface area contributed by atoms with Gasteiger partial charge in [0.15, 0.2) is 0 Å². The number of hydrogen-bond donors (Lipinski definition) is 1. The molecule has 2 heterocycles. The Bertz CT molecular complexity index is 1410. The minimum atomic E-state index is -3.79. The molecule has 0 amide bonds. The molecule has 0 aliphatic rings. The fraction of sp³-hybridized carbons (Fsp3) is 0.280. The molecule has 0 fully saturated rings. The van der Waals surface area contributed by atoms with Crippen LogP contribution in [-0.2, 0) is 15.4 Å². The maximum atomic E-state index is 13.2. The van der Waals surface area contributed by atoms with Crippen LogP contribution in [0.5, 0.6) is 0 Å². The number of aryl methyl sites for hydroxylation is 3. The molecule has 0 saturated carbocycles. The number of hydrogen-bond acceptors (Lipinski definition) is 4. The Morgan fingerprint density at radius 2 is 1.62 bits per heavy atom. The largest absolute Gasteiger partial charge is 0.263 e. The van der Waals surface area contributed by atoms with Crippen LogP contribution in [0, 0.1) is 20.8 Å². The minimum Gasteiger partial charge on any atom is -0.263 e. The molecule has 2 aromatic heterocycles. The monoisotopic (exact) mass is 448 g/mol. The highest BCUT2D eigenvalue weighted by molar-refractivity contribution is 7.92. The van der Waals surface area contributed by atoms with Gasteiger partial charge in [0.2, 0.25) is 0 Å². The van der Waals surface area contributed by atoms with Gasteiger partial charge in [0.05, 0.1) is 21.8 Å². The lowest BCUT2D eigenvalue weighted by molar-refractivity contribution is 0.587. The summed E-state index contributed by atoms with van der Waals surface area (Å²) in [5.41, 5.74) is 5.45. The topological polar surface area (TPSA) is 76.9 Å². The standard InChI is InChI=1S/C25H28N4O2S/c1-16-13-21-22(12-7-17(2)24(21)26-15-16)29-23(14-18(3)27-29)28-32(30,31)20-10-8-19(9-11-20)25(4,5)6/h7-15,28H,1-6H3. The summed E-state index contributed by atoms with van der Waals surface area (Å²) >= 11 is 0. The Balaban J connectivity index is 1.78. The van der Waals surface area contributed by atoms with Gasteiger partial charge in [0.25, 0.3) is 10.0 Å². The van der Waals surface area contributed by atoms with Gasteiger partial charge in [0.1, 0.15) is 5.82 Å². The average molecular weight is 449 g/mol. The number of nitrogens with zero attached hydrogens (tertiary/aromatic N) is 3. The van der Waals surface area contributed by atoms with Crippen LogP contribution in [0.4, 0.5) is 5.82 Å². The maximum Gasteiger partial charge on any atom is 0.263 e. The van der Waals surface area contributed by atoms with Gasteiger partial charge in [-0.2, -0.15) is 5.10 Å². The summed E-state index contributed by atoms with van der Waals surface area (Å²) in [5, 5.41) is 5.50. The number of benzene rings is 2. The van der Waals surface area contributed by atoms with E-state index in [1.807, 2.05) is 57.3 Å². The molecule has 0 bridgehead atoms. The highest BCUT2D eigenvalue weighted by Gasteiger charge is 2.21. The van der Waals surface area contributed by atoms with Crippen molar-refractivity contribution in [1.82, 2.24) is 14.8 Å². The van der Waals surface area contributed by atoms with Crippen molar-refractivity contribution in [3.05, 3.63) is 77.1 Å². The van der Waals surface area contributed by atoms with Crippen LogP contribution in [0.3, 0.4) is 0 Å². The second-order valence-corrected chi connectivity index (χ2v) is 11.0. The predicted molar refractivity (Wildman–Crippen MR) is 129 cm³/mol. The molecule has 0 radical (unpaired) electrons. The van der Waals surface area contributed by atoms with Gasteiger partial charge >= 0.3 is 0 Å². The molecule has 4 rings (SSSR count). The van der Waals surface area contributed by atoms with E-state index in [-0.39, 0.29) is 10.3 Å². The molecular formula is C25H28N4O2S. The van der Waals surface area contributed by atoms with E-state index in [0.717, 1.165) is 33.3 Å². The molecular weight excluding hydrogens is 420 g/mol. The molecule has 4 aromatic rings. The summed E-state index contributed by atoms with van der Waals surface area (Å²) < 4.78 is 30.7. The average Bonchev–Trinajstić information content (AvgIpc) is 3.06. The maximum absolute atomic E-state index is 13.2. The summed E-state index contributed by atoms with van der Waals surface area (Å²) in [5.74, 6) is 0.383. The molecule has 7 heteroatoms. The zero-order chi connectivity index (χ0) is 23.3. The van der Waals surface area contributed by atoms with Crippen molar-refractivity contribution in [3.8, 4) is 5.69 Å². The number of nitrogens with one attached hydrogen (secondary N) is 1. The first kappa shape index (κ1) is 22.0. The van der Waals surface area contributed by atoms with Crippen molar-refractivity contribution < 1.29 is 8.42 Å². The first-order valence-electron chi connectivity index (χ1n) is 10.5. The van der Waals surface area contributed by atoms with Gasteiger partial charge in [-0.15, -0.1) is 0 Å². The SMILES string of the molecule is Cc1cnc2c(C)ccc(-n3nc(C)cc3NS(=O)(=O)c3ccc(C(C)(C)C)cc3)c2c1. The Kier molecular flexibility index (Phi) is 5.33. The molecule has 32 heavy (non-hydrogen) atoms. The Labute approximate surface area is 189 Å². The van der Waals surface area contributed by atoms with E-state index >= 15 is 0 Å². The van der Waals surface area contributed by atoms with Crippen LogP contribution in [0.1, 0.15) is 43.2 Å². The van der Waals surface area contributed by atoms with E-state index in [1.54, 1.807) is 22.9 Å². The number of sulfonamides is 1. The van der Waals surface area contributed by atoms with E-state index in [1.165, 1.54) is 0 Å². The smallest absolute Gasteiger partial charge is 0.263 e. The zero-order valence-electron chi connectivity index (χ0n) is 19.3. The number of fused-ring (bicyclic) bond motifs is 1. The van der Waals surface area contributed by atoms with Gasteiger partial charge < -0.3 is 0 Å². The van der Waals surface area contributed by atoms with Crippen LogP contribution in [0.2, 0.25) is 0 Å². The van der Waals surface area contributed by atoms with Gasteiger partial charge in [-0.3, -0.25) is 9.71 Å². The Morgan fingerprint density at radius 1 is 0.938 bits per heavy atom. The van der Waals surface area contributed by atoms with Gasteiger partial charge in [-0.05, 0) is 67.1 Å². The fourth-order valence-corrected chi connectivity index (χ4v) is 4.76. The molecule has 0 saturated heterocycles. The Morgan fingerprint density at radius 3 is 2.28 bits per heavy atom. The first-order valence-corrected chi connectivity index (χ1v) is 12.0. The van der Waals surface area contributed by atoms with Crippen LogP contribution < -0.4 is 4.72 Å². The lowest BCUT2D eigenvalue weighted by atomic mass is 9.87. The highest BCUT2D eigenvalue weighted by Crippen LogP contribution is 2.29. The fourth-order valence-electron chi connectivity index (χ4n) is 3.72. The van der Waals surface area contributed by atoms with Crippen LogP contribution >= 0.6 is 0 Å². The molecule has 0 unspecified atom stereocenters. The molecule has 0 spiro atoms. The zero-order valence-corrected chi connectivity index (χ0v) is 20.1. The van der Waals surface area contributed by atoms with Gasteiger partial charge in [-0.1, -0.05) is 39.0 Å². The van der Waals surface area contributed by atoms with Crippen molar-refractivity contribution in [2.45, 2.75) is 51.9 Å². The summed E-state index contributed by atoms with van der Waals surface area (Å²) in [6, 6.07) is 14.7. The van der Waals surface area contributed by atoms with Crippen molar-refractivity contribution in [1.29, 1.82) is 0 Å². The summed E-state index contributed by atoms with van der Waals surface area (Å²) in [4.78, 5) is 4.78. The number of pyridine rings is 1. The van der Waals surface area contributed by atoms with Crippen molar-refractivity contribution in [3.63, 3.8) is 0 Å². The number of anilines is 1. The van der Waals surface area contributed by atoms with E-state index < -0.39 is 10.0 Å². The lowest BCUT2D eigenvalue weighted by Crippen LogP contribution is -2.17. The number of rotatable bonds is 4. The molecule has 0 aliphatic heterocycles. The third-order valence-corrected chi connectivity index (χ3v) is 6.87. The Hall–Kier alpha value is -3.19. The van der Waals surface area contributed by atoms with Crippen molar-refractivity contribution in [2.24, 2.45) is 0 Å². The molecule has 1 N–H and O–H groups in total. The molecule has 6 nitrogen and oxygen atoms in total. The second-order valence-electron chi connectivity index (χ2n) is 9.27. The molecule has 2 aromatic carbocycles. The van der Waals surface area contributed by atoms with E-state index in [9.17, 15) is 8.42 Å². The quantitative estimate of drug-likeness (QED) is 0.451. The third kappa shape index (κ3) is 4.12. The second kappa shape index (κ2) is 7.74. The van der Waals surface area contributed by atoms with Crippen LogP contribution in [0.15, 0.2) is 59.6 Å². The summed E-state index contributed by atoms with van der Waals surface area (Å²) in [7, 11) is -3.79. The van der Waals surface area contributed by atoms with Gasteiger partial charge in [-0.25, -0.2) is 13.1 Å². The molecule has 0 aliphatic carbocycles. The lowest BCUT2D eigenvalue weighted by Gasteiger charge is -2.19. The van der Waals surface area contributed by atoms with Crippen molar-refractivity contribution >= 4 is 26.7 Å². The first-order chi connectivity index (χ1) is 15.0. The molecule has 0 atom stereocenters. The third-order valence-electron chi connectivity index (χ3n) is 5.49. The van der Waals surface area contributed by atoms with E-state index in [4.69, 9.17) is 0 Å².